The summed E-state index contributed by atoms with van der Waals surface area (Å²) in [6.45, 7) is 7.05. The molecule has 28 heavy (non-hydrogen) atoms. The van der Waals surface area contributed by atoms with Crippen LogP contribution in [0.15, 0.2) is 40.9 Å². The van der Waals surface area contributed by atoms with Crippen LogP contribution in [0.1, 0.15) is 39.0 Å². The van der Waals surface area contributed by atoms with Gasteiger partial charge in [-0.2, -0.15) is 5.26 Å². The van der Waals surface area contributed by atoms with Gasteiger partial charge in [0.2, 0.25) is 0 Å². The van der Waals surface area contributed by atoms with Gasteiger partial charge in [0.05, 0.1) is 24.3 Å². The van der Waals surface area contributed by atoms with E-state index >= 15 is 0 Å². The minimum Gasteiger partial charge on any atom is -0.465 e. The highest BCUT2D eigenvalue weighted by Crippen LogP contribution is 2.61. The first-order valence-electron chi connectivity index (χ1n) is 8.73. The third-order valence-corrected chi connectivity index (χ3v) is 6.57. The largest absolute Gasteiger partial charge is 0.465 e. The molecule has 0 heterocycles. The zero-order valence-electron chi connectivity index (χ0n) is 17.0. The average molecular weight is 426 g/mol. The number of ether oxygens (including phenoxy) is 1. The van der Waals surface area contributed by atoms with Gasteiger partial charge in [-0.3, -0.25) is 4.57 Å². The van der Waals surface area contributed by atoms with Gasteiger partial charge in [0.15, 0.2) is 11.4 Å². The quantitative estimate of drug-likeness (QED) is 0.251. The summed E-state index contributed by atoms with van der Waals surface area (Å²) in [6.07, 6.45) is 0.966. The van der Waals surface area contributed by atoms with E-state index in [-0.39, 0.29) is 22.8 Å². The molecule has 9 heteroatoms. The Morgan fingerprint density at radius 2 is 1.68 bits per heavy atom. The van der Waals surface area contributed by atoms with Gasteiger partial charge in [-0.25, -0.2) is 4.79 Å². The standard InChI is InChI=1S/C19H27N2O5PS/c1-13(2)25-27(23,26-14(3)4)17(15-10-8-7-9-11-15)21-18(28-6)16(12-20)19(22)24-5/h7-11,13-14,17,21H,1-6H3/b18-16+. The zero-order chi connectivity index (χ0) is 21.3. The van der Waals surface area contributed by atoms with Crippen molar-refractivity contribution in [2.75, 3.05) is 13.4 Å². The molecular formula is C19H27N2O5PS. The predicted octanol–water partition coefficient (Wildman–Crippen LogP) is 4.59. The number of rotatable bonds is 10. The maximum absolute atomic E-state index is 13.8. The summed E-state index contributed by atoms with van der Waals surface area (Å²) >= 11 is 1.14. The number of carbonyl (C=O) groups is 1. The van der Waals surface area contributed by atoms with Gasteiger partial charge in [0.1, 0.15) is 6.07 Å². The summed E-state index contributed by atoms with van der Waals surface area (Å²) in [4.78, 5) is 12.0. The second kappa shape index (κ2) is 11.3. The topological polar surface area (TPSA) is 97.7 Å². The van der Waals surface area contributed by atoms with Crippen LogP contribution in [0.4, 0.5) is 0 Å². The third kappa shape index (κ3) is 6.68. The number of thioether (sulfide) groups is 1. The van der Waals surface area contributed by atoms with E-state index in [0.29, 0.717) is 5.56 Å². The number of carbonyl (C=O) groups excluding carboxylic acids is 1. The van der Waals surface area contributed by atoms with Crippen LogP contribution in [0.3, 0.4) is 0 Å². The van der Waals surface area contributed by atoms with Crippen LogP contribution in [0.5, 0.6) is 0 Å². The maximum Gasteiger partial charge on any atom is 0.357 e. The van der Waals surface area contributed by atoms with E-state index in [1.54, 1.807) is 58.2 Å². The lowest BCUT2D eigenvalue weighted by molar-refractivity contribution is -0.135. The fourth-order valence-corrected chi connectivity index (χ4v) is 5.31. The van der Waals surface area contributed by atoms with Crippen molar-refractivity contribution in [3.8, 4) is 6.07 Å². The molecule has 0 radical (unpaired) electrons. The molecule has 154 valence electrons. The highest BCUT2D eigenvalue weighted by molar-refractivity contribution is 8.02. The fourth-order valence-electron chi connectivity index (χ4n) is 2.36. The number of esters is 1. The van der Waals surface area contributed by atoms with Crippen molar-refractivity contribution in [2.24, 2.45) is 0 Å². The molecule has 7 nitrogen and oxygen atoms in total. The number of nitrogens with one attached hydrogen (secondary N) is 1. The molecule has 0 aliphatic heterocycles. The monoisotopic (exact) mass is 426 g/mol. The summed E-state index contributed by atoms with van der Waals surface area (Å²) in [5.41, 5.74) is 0.428. The lowest BCUT2D eigenvalue weighted by Crippen LogP contribution is -2.26. The van der Waals surface area contributed by atoms with E-state index in [4.69, 9.17) is 9.05 Å². The number of hydrogen-bond donors (Lipinski definition) is 1. The first-order valence-corrected chi connectivity index (χ1v) is 11.6. The van der Waals surface area contributed by atoms with Crippen LogP contribution in [-0.2, 0) is 23.1 Å². The Hall–Kier alpha value is -1.78. The Balaban J connectivity index is 3.56. The number of nitrogens with zero attached hydrogens (tertiary/aromatic N) is 1. The minimum atomic E-state index is -3.74. The lowest BCUT2D eigenvalue weighted by atomic mass is 10.2. The number of nitriles is 1. The van der Waals surface area contributed by atoms with Crippen LogP contribution in [0.25, 0.3) is 0 Å². The van der Waals surface area contributed by atoms with Crippen LogP contribution >= 0.6 is 19.4 Å². The Morgan fingerprint density at radius 1 is 1.14 bits per heavy atom. The third-order valence-electron chi connectivity index (χ3n) is 3.35. The van der Waals surface area contributed by atoms with Crippen molar-refractivity contribution < 1.29 is 23.1 Å². The Kier molecular flexibility index (Phi) is 9.77. The Labute approximate surface area is 171 Å². The smallest absolute Gasteiger partial charge is 0.357 e. The predicted molar refractivity (Wildman–Crippen MR) is 111 cm³/mol. The number of methoxy groups -OCH3 is 1. The first kappa shape index (κ1) is 24.3. The number of benzene rings is 1. The van der Waals surface area contributed by atoms with Crippen LogP contribution in [0.2, 0.25) is 0 Å². The Bertz CT molecular complexity index is 760. The van der Waals surface area contributed by atoms with E-state index in [0.717, 1.165) is 11.8 Å². The highest BCUT2D eigenvalue weighted by atomic mass is 32.2. The molecule has 0 bridgehead atoms. The molecule has 0 saturated carbocycles. The molecule has 0 aliphatic carbocycles. The first-order chi connectivity index (χ1) is 13.2. The molecule has 0 spiro atoms. The minimum absolute atomic E-state index is 0.212. The van der Waals surface area contributed by atoms with Gasteiger partial charge < -0.3 is 19.1 Å². The maximum atomic E-state index is 13.8. The van der Waals surface area contributed by atoms with Gasteiger partial charge >= 0.3 is 13.6 Å². The molecule has 0 fully saturated rings. The molecule has 0 amide bonds. The summed E-state index contributed by atoms with van der Waals surface area (Å²) < 4.78 is 30.0. The SMILES string of the molecule is COC(=O)/C(C#N)=C(\NC(c1ccccc1)P(=O)(OC(C)C)OC(C)C)SC. The molecule has 1 aromatic rings. The lowest BCUT2D eigenvalue weighted by Gasteiger charge is -2.31. The van der Waals surface area contributed by atoms with Crippen molar-refractivity contribution in [3.63, 3.8) is 0 Å². The van der Waals surface area contributed by atoms with Crippen LogP contribution < -0.4 is 5.32 Å². The molecule has 1 aromatic carbocycles. The molecule has 1 unspecified atom stereocenters. The van der Waals surface area contributed by atoms with E-state index in [9.17, 15) is 14.6 Å². The van der Waals surface area contributed by atoms with Gasteiger partial charge in [-0.05, 0) is 39.5 Å². The van der Waals surface area contributed by atoms with E-state index in [1.807, 2.05) is 12.1 Å². The average Bonchev–Trinajstić information content (AvgIpc) is 2.63. The van der Waals surface area contributed by atoms with Gasteiger partial charge in [0, 0.05) is 0 Å². The van der Waals surface area contributed by atoms with Crippen LogP contribution in [0, 0.1) is 11.3 Å². The van der Waals surface area contributed by atoms with Crippen LogP contribution in [-0.4, -0.2) is 31.5 Å². The molecule has 1 N–H and O–H groups in total. The van der Waals surface area contributed by atoms with Gasteiger partial charge in [0.25, 0.3) is 0 Å². The van der Waals surface area contributed by atoms with Crippen molar-refractivity contribution >= 4 is 25.3 Å². The molecule has 0 aromatic heterocycles. The summed E-state index contributed by atoms with van der Waals surface area (Å²) in [7, 11) is -2.54. The summed E-state index contributed by atoms with van der Waals surface area (Å²) in [6, 6.07) is 10.8. The van der Waals surface area contributed by atoms with E-state index < -0.39 is 19.3 Å². The molecule has 1 atom stereocenters. The van der Waals surface area contributed by atoms with Gasteiger partial charge in [-0.1, -0.05) is 30.3 Å². The summed E-state index contributed by atoms with van der Waals surface area (Å²) in [5, 5.41) is 12.7. The Morgan fingerprint density at radius 3 is 2.07 bits per heavy atom. The number of hydrogen-bond acceptors (Lipinski definition) is 8. The summed E-state index contributed by atoms with van der Waals surface area (Å²) in [5.74, 6) is -1.70. The van der Waals surface area contributed by atoms with Gasteiger partial charge in [-0.15, -0.1) is 11.8 Å². The molecule has 0 saturated heterocycles. The zero-order valence-corrected chi connectivity index (χ0v) is 18.7. The van der Waals surface area contributed by atoms with Crippen molar-refractivity contribution in [1.82, 2.24) is 5.32 Å². The second-order valence-corrected chi connectivity index (χ2v) is 9.15. The van der Waals surface area contributed by atoms with Crippen molar-refractivity contribution in [2.45, 2.75) is 45.7 Å². The van der Waals surface area contributed by atoms with Crippen molar-refractivity contribution in [3.05, 3.63) is 46.5 Å². The highest BCUT2D eigenvalue weighted by Gasteiger charge is 2.40. The second-order valence-electron chi connectivity index (χ2n) is 6.32. The molecular weight excluding hydrogens is 399 g/mol. The normalized spacial score (nSPS) is 13.7. The van der Waals surface area contributed by atoms with Crippen molar-refractivity contribution in [1.29, 1.82) is 5.26 Å². The molecule has 1 rings (SSSR count). The fraction of sp³-hybridized carbons (Fsp3) is 0.474. The van der Waals surface area contributed by atoms with E-state index in [2.05, 4.69) is 10.1 Å². The molecule has 0 aliphatic rings. The van der Waals surface area contributed by atoms with E-state index in [1.165, 1.54) is 7.11 Å².